The average molecular weight is 267 g/mol. The molecule has 1 aromatic rings. The van der Waals surface area contributed by atoms with Crippen molar-refractivity contribution in [2.75, 3.05) is 13.2 Å². The number of rotatable bonds is 8. The van der Waals surface area contributed by atoms with Crippen molar-refractivity contribution in [3.63, 3.8) is 0 Å². The van der Waals surface area contributed by atoms with Crippen LogP contribution in [0.1, 0.15) is 35.4 Å². The van der Waals surface area contributed by atoms with Gasteiger partial charge in [0, 0.05) is 29.0 Å². The van der Waals surface area contributed by atoms with Gasteiger partial charge in [-0.2, -0.15) is 0 Å². The zero-order valence-corrected chi connectivity index (χ0v) is 11.6. The number of carbonyl (C=O) groups excluding carboxylic acids is 1. The molecule has 3 nitrogen and oxygen atoms in total. The molecule has 0 aliphatic carbocycles. The van der Waals surface area contributed by atoms with E-state index in [4.69, 9.17) is 5.11 Å². The summed E-state index contributed by atoms with van der Waals surface area (Å²) in [6.45, 7) is 3.02. The largest absolute Gasteiger partial charge is 0.396 e. The average Bonchev–Trinajstić information content (AvgIpc) is 2.77. The molecule has 0 aliphatic heterocycles. The lowest BCUT2D eigenvalue weighted by Gasteiger charge is -2.01. The Morgan fingerprint density at radius 1 is 1.33 bits per heavy atom. The smallest absolute Gasteiger partial charge is 0.244 e. The van der Waals surface area contributed by atoms with Gasteiger partial charge in [0.15, 0.2) is 0 Å². The maximum atomic E-state index is 11.5. The monoisotopic (exact) mass is 267 g/mol. The molecule has 0 fully saturated rings. The molecule has 0 radical (unpaired) electrons. The maximum absolute atomic E-state index is 11.5. The molecule has 0 saturated carbocycles. The first-order chi connectivity index (χ1) is 8.72. The quantitative estimate of drug-likeness (QED) is 0.562. The summed E-state index contributed by atoms with van der Waals surface area (Å²) in [5.41, 5.74) is 0. The molecule has 100 valence electrons. The van der Waals surface area contributed by atoms with Gasteiger partial charge in [0.1, 0.15) is 0 Å². The van der Waals surface area contributed by atoms with E-state index in [9.17, 15) is 4.79 Å². The summed E-state index contributed by atoms with van der Waals surface area (Å²) < 4.78 is 0. The number of hydrogen-bond acceptors (Lipinski definition) is 3. The minimum Gasteiger partial charge on any atom is -0.396 e. The summed E-state index contributed by atoms with van der Waals surface area (Å²) in [5, 5.41) is 11.5. The van der Waals surface area contributed by atoms with Gasteiger partial charge in [-0.15, -0.1) is 11.3 Å². The SMILES string of the molecule is Cc1ccc(/C=C/C(=O)NCCCCCCO)s1. The Bertz CT molecular complexity index is 385. The van der Waals surface area contributed by atoms with Gasteiger partial charge in [-0.05, 0) is 38.0 Å². The molecule has 2 N–H and O–H groups in total. The number of aryl methyl sites for hydroxylation is 1. The first-order valence-electron chi connectivity index (χ1n) is 6.35. The van der Waals surface area contributed by atoms with Gasteiger partial charge < -0.3 is 10.4 Å². The highest BCUT2D eigenvalue weighted by atomic mass is 32.1. The van der Waals surface area contributed by atoms with E-state index in [-0.39, 0.29) is 12.5 Å². The maximum Gasteiger partial charge on any atom is 0.244 e. The Morgan fingerprint density at radius 3 is 2.78 bits per heavy atom. The Kier molecular flexibility index (Phi) is 7.37. The van der Waals surface area contributed by atoms with Crippen LogP contribution in [-0.4, -0.2) is 24.2 Å². The number of hydrogen-bond donors (Lipinski definition) is 2. The van der Waals surface area contributed by atoms with E-state index >= 15 is 0 Å². The fraction of sp³-hybridized carbons (Fsp3) is 0.500. The summed E-state index contributed by atoms with van der Waals surface area (Å²) in [5.74, 6) is -0.0387. The number of amides is 1. The van der Waals surface area contributed by atoms with Crippen LogP contribution in [0.4, 0.5) is 0 Å². The van der Waals surface area contributed by atoms with Gasteiger partial charge >= 0.3 is 0 Å². The first kappa shape index (κ1) is 14.9. The summed E-state index contributed by atoms with van der Waals surface area (Å²) in [6, 6.07) is 4.06. The van der Waals surface area contributed by atoms with Crippen molar-refractivity contribution >= 4 is 23.3 Å². The number of nitrogens with one attached hydrogen (secondary N) is 1. The lowest BCUT2D eigenvalue weighted by Crippen LogP contribution is -2.21. The molecular weight excluding hydrogens is 246 g/mol. The van der Waals surface area contributed by atoms with Crippen LogP contribution in [0.2, 0.25) is 0 Å². The van der Waals surface area contributed by atoms with Crippen LogP contribution in [0, 0.1) is 6.92 Å². The van der Waals surface area contributed by atoms with E-state index in [1.165, 1.54) is 4.88 Å². The summed E-state index contributed by atoms with van der Waals surface area (Å²) in [7, 11) is 0. The van der Waals surface area contributed by atoms with Crippen LogP contribution in [-0.2, 0) is 4.79 Å². The molecule has 0 spiro atoms. The van der Waals surface area contributed by atoms with Gasteiger partial charge in [-0.1, -0.05) is 12.8 Å². The van der Waals surface area contributed by atoms with Crippen molar-refractivity contribution in [3.05, 3.63) is 28.0 Å². The van der Waals surface area contributed by atoms with Crippen LogP contribution < -0.4 is 5.32 Å². The number of unbranched alkanes of at least 4 members (excludes halogenated alkanes) is 3. The van der Waals surface area contributed by atoms with Crippen molar-refractivity contribution in [3.8, 4) is 0 Å². The van der Waals surface area contributed by atoms with E-state index in [0.29, 0.717) is 6.54 Å². The molecular formula is C14H21NO2S. The Hall–Kier alpha value is -1.13. The molecule has 1 amide bonds. The molecule has 18 heavy (non-hydrogen) atoms. The predicted octanol–water partition coefficient (Wildman–Crippen LogP) is 2.74. The second-order valence-corrected chi connectivity index (χ2v) is 5.53. The molecule has 1 rings (SSSR count). The van der Waals surface area contributed by atoms with Crippen LogP contribution in [0.3, 0.4) is 0 Å². The van der Waals surface area contributed by atoms with E-state index in [2.05, 4.69) is 12.2 Å². The second kappa shape index (κ2) is 8.89. The molecule has 0 atom stereocenters. The topological polar surface area (TPSA) is 49.3 Å². The van der Waals surface area contributed by atoms with E-state index < -0.39 is 0 Å². The zero-order valence-electron chi connectivity index (χ0n) is 10.8. The molecule has 4 heteroatoms. The summed E-state index contributed by atoms with van der Waals surface area (Å²) >= 11 is 1.68. The fourth-order valence-corrected chi connectivity index (χ4v) is 2.34. The van der Waals surface area contributed by atoms with Gasteiger partial charge in [0.2, 0.25) is 5.91 Å². The minimum atomic E-state index is -0.0387. The van der Waals surface area contributed by atoms with E-state index in [0.717, 1.165) is 30.6 Å². The van der Waals surface area contributed by atoms with Crippen molar-refractivity contribution in [2.45, 2.75) is 32.6 Å². The molecule has 0 unspecified atom stereocenters. The zero-order chi connectivity index (χ0) is 13.2. The van der Waals surface area contributed by atoms with Gasteiger partial charge in [0.25, 0.3) is 0 Å². The van der Waals surface area contributed by atoms with Crippen LogP contribution in [0.15, 0.2) is 18.2 Å². The van der Waals surface area contributed by atoms with Crippen LogP contribution in [0.25, 0.3) is 6.08 Å². The van der Waals surface area contributed by atoms with Crippen LogP contribution in [0.5, 0.6) is 0 Å². The van der Waals surface area contributed by atoms with Gasteiger partial charge in [-0.3, -0.25) is 4.79 Å². The molecule has 1 heterocycles. The Labute approximate surface area is 113 Å². The van der Waals surface area contributed by atoms with Gasteiger partial charge in [-0.25, -0.2) is 0 Å². The van der Waals surface area contributed by atoms with Crippen molar-refractivity contribution in [1.82, 2.24) is 5.32 Å². The summed E-state index contributed by atoms with van der Waals surface area (Å²) in [4.78, 5) is 13.8. The highest BCUT2D eigenvalue weighted by molar-refractivity contribution is 7.12. The molecule has 0 aromatic carbocycles. The lowest BCUT2D eigenvalue weighted by molar-refractivity contribution is -0.116. The first-order valence-corrected chi connectivity index (χ1v) is 7.17. The van der Waals surface area contributed by atoms with Gasteiger partial charge in [0.05, 0.1) is 0 Å². The normalized spacial score (nSPS) is 11.0. The Morgan fingerprint density at radius 2 is 2.11 bits per heavy atom. The molecule has 1 aromatic heterocycles. The number of aliphatic hydroxyl groups is 1. The predicted molar refractivity (Wildman–Crippen MR) is 76.7 cm³/mol. The molecule has 0 saturated heterocycles. The highest BCUT2D eigenvalue weighted by Crippen LogP contribution is 2.16. The third-order valence-corrected chi connectivity index (χ3v) is 3.51. The van der Waals surface area contributed by atoms with Crippen LogP contribution >= 0.6 is 11.3 Å². The minimum absolute atomic E-state index is 0.0387. The van der Waals surface area contributed by atoms with E-state index in [1.807, 2.05) is 18.2 Å². The van der Waals surface area contributed by atoms with Crippen molar-refractivity contribution < 1.29 is 9.90 Å². The second-order valence-electron chi connectivity index (χ2n) is 4.21. The highest BCUT2D eigenvalue weighted by Gasteiger charge is 1.96. The Balaban J connectivity index is 2.12. The third-order valence-electron chi connectivity index (χ3n) is 2.54. The number of carbonyl (C=O) groups is 1. The standard InChI is InChI=1S/C14H21NO2S/c1-12-6-7-13(18-12)8-9-14(17)15-10-4-2-3-5-11-16/h6-9,16H,2-5,10-11H2,1H3,(H,15,17)/b9-8+. The van der Waals surface area contributed by atoms with E-state index in [1.54, 1.807) is 17.4 Å². The fourth-order valence-electron chi connectivity index (χ4n) is 1.56. The molecule has 0 aliphatic rings. The number of aliphatic hydroxyl groups excluding tert-OH is 1. The lowest BCUT2D eigenvalue weighted by atomic mass is 10.2. The van der Waals surface area contributed by atoms with Crippen molar-refractivity contribution in [2.24, 2.45) is 0 Å². The third kappa shape index (κ3) is 6.57. The number of thiophene rings is 1. The van der Waals surface area contributed by atoms with Crippen molar-refractivity contribution in [1.29, 1.82) is 0 Å². The summed E-state index contributed by atoms with van der Waals surface area (Å²) in [6.07, 6.45) is 7.33. The molecule has 0 bridgehead atoms.